The van der Waals surface area contributed by atoms with Crippen LogP contribution in [0.3, 0.4) is 0 Å². The molecular formula is C13H14N2O2. The van der Waals surface area contributed by atoms with E-state index in [2.05, 4.69) is 10.5 Å². The van der Waals surface area contributed by atoms with E-state index in [0.717, 1.165) is 18.6 Å². The summed E-state index contributed by atoms with van der Waals surface area (Å²) < 4.78 is 0. The van der Waals surface area contributed by atoms with Crippen molar-refractivity contribution < 1.29 is 9.90 Å². The molecular weight excluding hydrogens is 216 g/mol. The molecule has 0 saturated carbocycles. The number of nitrogens with one attached hydrogen (secondary N) is 1. The van der Waals surface area contributed by atoms with Crippen molar-refractivity contribution in [1.29, 1.82) is 0 Å². The highest BCUT2D eigenvalue weighted by Crippen LogP contribution is 2.16. The second kappa shape index (κ2) is 4.82. The van der Waals surface area contributed by atoms with Crippen LogP contribution >= 0.6 is 0 Å². The van der Waals surface area contributed by atoms with Gasteiger partial charge in [-0.25, -0.2) is 5.43 Å². The molecule has 1 aliphatic rings. The summed E-state index contributed by atoms with van der Waals surface area (Å²) in [6.45, 7) is 2.04. The Morgan fingerprint density at radius 2 is 2.12 bits per heavy atom. The number of aromatic hydroxyl groups is 1. The minimum Gasteiger partial charge on any atom is -0.507 e. The molecule has 0 saturated heterocycles. The maximum atomic E-state index is 11.7. The van der Waals surface area contributed by atoms with Gasteiger partial charge in [0.25, 0.3) is 5.91 Å². The predicted octanol–water partition coefficient (Wildman–Crippen LogP) is 2.22. The number of phenolic OH excluding ortho intramolecular Hbond substituents is 1. The summed E-state index contributed by atoms with van der Waals surface area (Å²) in [5.41, 5.74) is 4.81. The SMILES string of the molecule is CC1=C/C(=N/NC(=O)c2ccccc2O)CC1. The number of nitrogens with zero attached hydrogens (tertiary/aromatic N) is 1. The smallest absolute Gasteiger partial charge is 0.275 e. The van der Waals surface area contributed by atoms with E-state index in [1.54, 1.807) is 18.2 Å². The number of benzene rings is 1. The molecule has 17 heavy (non-hydrogen) atoms. The Hall–Kier alpha value is -2.10. The van der Waals surface area contributed by atoms with E-state index in [4.69, 9.17) is 0 Å². The van der Waals surface area contributed by atoms with Crippen LogP contribution in [-0.2, 0) is 0 Å². The molecule has 4 heteroatoms. The topological polar surface area (TPSA) is 61.7 Å². The first-order valence-electron chi connectivity index (χ1n) is 5.49. The van der Waals surface area contributed by atoms with E-state index < -0.39 is 5.91 Å². The lowest BCUT2D eigenvalue weighted by atomic mass is 10.2. The Morgan fingerprint density at radius 3 is 2.76 bits per heavy atom. The maximum absolute atomic E-state index is 11.7. The van der Waals surface area contributed by atoms with Crippen LogP contribution in [0.15, 0.2) is 41.0 Å². The number of phenols is 1. The summed E-state index contributed by atoms with van der Waals surface area (Å²) in [6, 6.07) is 6.39. The molecule has 0 fully saturated rings. The number of rotatable bonds is 2. The molecule has 0 aliphatic heterocycles. The van der Waals surface area contributed by atoms with Crippen LogP contribution in [0.1, 0.15) is 30.1 Å². The van der Waals surface area contributed by atoms with Crippen LogP contribution in [0.25, 0.3) is 0 Å². The van der Waals surface area contributed by atoms with Crippen molar-refractivity contribution in [3.8, 4) is 5.75 Å². The molecule has 1 amide bonds. The third-order valence-electron chi connectivity index (χ3n) is 2.64. The highest BCUT2D eigenvalue weighted by atomic mass is 16.3. The molecule has 1 aromatic rings. The number of para-hydroxylation sites is 1. The van der Waals surface area contributed by atoms with Gasteiger partial charge < -0.3 is 5.11 Å². The predicted molar refractivity (Wildman–Crippen MR) is 66.0 cm³/mol. The normalized spacial score (nSPS) is 17.0. The molecule has 0 aromatic heterocycles. The molecule has 0 radical (unpaired) electrons. The zero-order valence-electron chi connectivity index (χ0n) is 9.60. The third kappa shape index (κ3) is 2.72. The number of hydrazone groups is 1. The molecule has 0 spiro atoms. The Labute approximate surface area is 99.7 Å². The van der Waals surface area contributed by atoms with Crippen LogP contribution in [0.4, 0.5) is 0 Å². The molecule has 88 valence electrons. The zero-order chi connectivity index (χ0) is 12.3. The van der Waals surface area contributed by atoms with Crippen LogP contribution < -0.4 is 5.43 Å². The lowest BCUT2D eigenvalue weighted by molar-refractivity contribution is 0.0952. The van der Waals surface area contributed by atoms with E-state index in [-0.39, 0.29) is 11.3 Å². The number of carbonyl (C=O) groups is 1. The lowest BCUT2D eigenvalue weighted by Gasteiger charge is -2.02. The van der Waals surface area contributed by atoms with Gasteiger partial charge in [0.1, 0.15) is 5.75 Å². The van der Waals surface area contributed by atoms with Crippen molar-refractivity contribution in [3.05, 3.63) is 41.5 Å². The molecule has 2 N–H and O–H groups in total. The Balaban J connectivity index is 2.06. The summed E-state index contributed by atoms with van der Waals surface area (Å²) in [6.07, 6.45) is 3.81. The average Bonchev–Trinajstić information content (AvgIpc) is 2.73. The van der Waals surface area contributed by atoms with Crippen molar-refractivity contribution in [2.45, 2.75) is 19.8 Å². The monoisotopic (exact) mass is 230 g/mol. The first-order chi connectivity index (χ1) is 8.16. The van der Waals surface area contributed by atoms with Gasteiger partial charge in [0.2, 0.25) is 0 Å². The first kappa shape index (κ1) is 11.4. The fraction of sp³-hybridized carbons (Fsp3) is 0.231. The zero-order valence-corrected chi connectivity index (χ0v) is 9.60. The van der Waals surface area contributed by atoms with E-state index in [1.165, 1.54) is 11.6 Å². The van der Waals surface area contributed by atoms with E-state index >= 15 is 0 Å². The molecule has 1 aliphatic carbocycles. The van der Waals surface area contributed by atoms with Crippen molar-refractivity contribution in [2.75, 3.05) is 0 Å². The molecule has 2 rings (SSSR count). The Bertz CT molecular complexity index is 504. The minimum absolute atomic E-state index is 0.0386. The van der Waals surface area contributed by atoms with Crippen molar-refractivity contribution >= 4 is 11.6 Å². The Kier molecular flexibility index (Phi) is 3.23. The van der Waals surface area contributed by atoms with Crippen LogP contribution in [0, 0.1) is 0 Å². The molecule has 0 heterocycles. The lowest BCUT2D eigenvalue weighted by Crippen LogP contribution is -2.18. The number of amides is 1. The second-order valence-electron chi connectivity index (χ2n) is 4.05. The van der Waals surface area contributed by atoms with Crippen LogP contribution in [0.2, 0.25) is 0 Å². The van der Waals surface area contributed by atoms with E-state index in [0.29, 0.717) is 0 Å². The quantitative estimate of drug-likeness (QED) is 0.765. The van der Waals surface area contributed by atoms with Crippen molar-refractivity contribution in [2.24, 2.45) is 5.10 Å². The largest absolute Gasteiger partial charge is 0.507 e. The van der Waals surface area contributed by atoms with Crippen LogP contribution in [0.5, 0.6) is 5.75 Å². The molecule has 0 bridgehead atoms. The van der Waals surface area contributed by atoms with Crippen molar-refractivity contribution in [3.63, 3.8) is 0 Å². The van der Waals surface area contributed by atoms with Gasteiger partial charge >= 0.3 is 0 Å². The van der Waals surface area contributed by atoms with Crippen LogP contribution in [-0.4, -0.2) is 16.7 Å². The number of carbonyl (C=O) groups excluding carboxylic acids is 1. The third-order valence-corrected chi connectivity index (χ3v) is 2.64. The van der Waals surface area contributed by atoms with E-state index in [1.807, 2.05) is 13.0 Å². The molecule has 4 nitrogen and oxygen atoms in total. The summed E-state index contributed by atoms with van der Waals surface area (Å²) >= 11 is 0. The van der Waals surface area contributed by atoms with Gasteiger partial charge in [0.15, 0.2) is 0 Å². The summed E-state index contributed by atoms with van der Waals surface area (Å²) in [5, 5.41) is 13.5. The van der Waals surface area contributed by atoms with Gasteiger partial charge in [0.05, 0.1) is 11.3 Å². The fourth-order valence-corrected chi connectivity index (χ4v) is 1.69. The Morgan fingerprint density at radius 1 is 1.35 bits per heavy atom. The van der Waals surface area contributed by atoms with Crippen molar-refractivity contribution in [1.82, 2.24) is 5.43 Å². The highest BCUT2D eigenvalue weighted by Gasteiger charge is 2.11. The molecule has 0 unspecified atom stereocenters. The van der Waals surface area contributed by atoms with Gasteiger partial charge in [-0.1, -0.05) is 17.7 Å². The highest BCUT2D eigenvalue weighted by molar-refractivity contribution is 6.01. The standard InChI is InChI=1S/C13H14N2O2/c1-9-6-7-10(8-9)14-15-13(17)11-4-2-3-5-12(11)16/h2-5,8,16H,6-7H2,1H3,(H,15,17)/b14-10+. The fourth-order valence-electron chi connectivity index (χ4n) is 1.69. The first-order valence-corrected chi connectivity index (χ1v) is 5.49. The van der Waals surface area contributed by atoms with Gasteiger partial charge in [0, 0.05) is 0 Å². The maximum Gasteiger partial charge on any atom is 0.275 e. The second-order valence-corrected chi connectivity index (χ2v) is 4.05. The summed E-state index contributed by atoms with van der Waals surface area (Å²) in [4.78, 5) is 11.7. The molecule has 1 aromatic carbocycles. The minimum atomic E-state index is -0.395. The number of hydrogen-bond donors (Lipinski definition) is 2. The summed E-state index contributed by atoms with van der Waals surface area (Å²) in [5.74, 6) is -0.433. The average molecular weight is 230 g/mol. The number of allylic oxidation sites excluding steroid dienone is 2. The summed E-state index contributed by atoms with van der Waals surface area (Å²) in [7, 11) is 0. The number of hydrogen-bond acceptors (Lipinski definition) is 3. The van der Waals surface area contributed by atoms with E-state index in [9.17, 15) is 9.90 Å². The molecule has 0 atom stereocenters. The van der Waals surface area contributed by atoms with Gasteiger partial charge in [-0.15, -0.1) is 0 Å². The van der Waals surface area contributed by atoms with Gasteiger partial charge in [-0.2, -0.15) is 5.10 Å². The van der Waals surface area contributed by atoms with Gasteiger partial charge in [-0.3, -0.25) is 4.79 Å². The van der Waals surface area contributed by atoms with Gasteiger partial charge in [-0.05, 0) is 38.0 Å².